The summed E-state index contributed by atoms with van der Waals surface area (Å²) >= 11 is 1.60. The van der Waals surface area contributed by atoms with Crippen LogP contribution >= 0.6 is 11.3 Å². The van der Waals surface area contributed by atoms with E-state index >= 15 is 0 Å². The molecule has 23 heavy (non-hydrogen) atoms. The lowest BCUT2D eigenvalue weighted by Crippen LogP contribution is -2.25. The third-order valence-corrected chi connectivity index (χ3v) is 5.86. The number of nitrogens with two attached hydrogens (primary N) is 1. The minimum atomic E-state index is -0.0319. The Morgan fingerprint density at radius 2 is 2.09 bits per heavy atom. The maximum absolute atomic E-state index is 12.6. The topological polar surface area (TPSA) is 55.1 Å². The summed E-state index contributed by atoms with van der Waals surface area (Å²) in [6.45, 7) is 4.84. The summed E-state index contributed by atoms with van der Waals surface area (Å²) in [7, 11) is 0. The Morgan fingerprint density at radius 1 is 1.35 bits per heavy atom. The van der Waals surface area contributed by atoms with E-state index in [0.29, 0.717) is 11.5 Å². The average molecular weight is 328 g/mol. The molecule has 3 nitrogen and oxygen atoms in total. The van der Waals surface area contributed by atoms with Gasteiger partial charge in [-0.15, -0.1) is 11.3 Å². The fraction of sp³-hybridized carbons (Fsp3) is 0.421. The summed E-state index contributed by atoms with van der Waals surface area (Å²) < 4.78 is 0. The molecule has 0 bridgehead atoms. The molecule has 122 valence electrons. The van der Waals surface area contributed by atoms with Crippen molar-refractivity contribution in [1.82, 2.24) is 5.32 Å². The molecule has 0 saturated heterocycles. The van der Waals surface area contributed by atoms with Crippen LogP contribution in [-0.2, 0) is 19.4 Å². The zero-order valence-corrected chi connectivity index (χ0v) is 14.6. The van der Waals surface area contributed by atoms with Gasteiger partial charge in [0.2, 0.25) is 0 Å². The third kappa shape index (κ3) is 3.42. The van der Waals surface area contributed by atoms with Gasteiger partial charge in [0.15, 0.2) is 0 Å². The smallest absolute Gasteiger partial charge is 0.254 e. The van der Waals surface area contributed by atoms with E-state index < -0.39 is 0 Å². The van der Waals surface area contributed by atoms with Crippen molar-refractivity contribution in [1.29, 1.82) is 0 Å². The predicted octanol–water partition coefficient (Wildman–Crippen LogP) is 4.08. The number of amides is 1. The number of thiophene rings is 1. The number of fused-ring (bicyclic) bond motifs is 1. The molecule has 1 atom stereocenters. The molecule has 1 aliphatic carbocycles. The van der Waals surface area contributed by atoms with Crippen LogP contribution in [0.15, 0.2) is 24.3 Å². The first-order valence-corrected chi connectivity index (χ1v) is 9.13. The zero-order valence-electron chi connectivity index (χ0n) is 13.8. The van der Waals surface area contributed by atoms with Gasteiger partial charge in [0.05, 0.1) is 10.6 Å². The second-order valence-corrected chi connectivity index (χ2v) is 7.57. The van der Waals surface area contributed by atoms with Crippen LogP contribution in [0.1, 0.15) is 51.7 Å². The SMILES string of the molecule is CC[C@H]1CCc2c(sc(N)c2C(=O)NCc2ccc(C)cc2)C1. The van der Waals surface area contributed by atoms with Crippen molar-refractivity contribution in [2.45, 2.75) is 46.1 Å². The van der Waals surface area contributed by atoms with Gasteiger partial charge in [0.1, 0.15) is 0 Å². The summed E-state index contributed by atoms with van der Waals surface area (Å²) in [5.74, 6) is 0.708. The van der Waals surface area contributed by atoms with E-state index in [-0.39, 0.29) is 5.91 Å². The van der Waals surface area contributed by atoms with Gasteiger partial charge in [-0.3, -0.25) is 4.79 Å². The van der Waals surface area contributed by atoms with Crippen molar-refractivity contribution in [2.24, 2.45) is 5.92 Å². The molecule has 0 unspecified atom stereocenters. The highest BCUT2D eigenvalue weighted by Gasteiger charge is 2.27. The minimum Gasteiger partial charge on any atom is -0.390 e. The molecule has 1 heterocycles. The summed E-state index contributed by atoms with van der Waals surface area (Å²) in [6.07, 6.45) is 4.42. The number of carbonyl (C=O) groups excluding carboxylic acids is 1. The van der Waals surface area contributed by atoms with Gasteiger partial charge >= 0.3 is 0 Å². The molecule has 3 N–H and O–H groups in total. The Kier molecular flexibility index (Phi) is 4.71. The van der Waals surface area contributed by atoms with E-state index in [1.54, 1.807) is 11.3 Å². The number of hydrogen-bond acceptors (Lipinski definition) is 3. The van der Waals surface area contributed by atoms with Crippen LogP contribution in [0.4, 0.5) is 5.00 Å². The molecule has 1 aromatic carbocycles. The number of anilines is 1. The van der Waals surface area contributed by atoms with Crippen molar-refractivity contribution in [3.63, 3.8) is 0 Å². The van der Waals surface area contributed by atoms with Crippen molar-refractivity contribution in [3.8, 4) is 0 Å². The molecule has 0 radical (unpaired) electrons. The fourth-order valence-electron chi connectivity index (χ4n) is 3.25. The lowest BCUT2D eigenvalue weighted by molar-refractivity contribution is 0.0951. The van der Waals surface area contributed by atoms with E-state index in [9.17, 15) is 4.79 Å². The van der Waals surface area contributed by atoms with Crippen LogP contribution in [0.5, 0.6) is 0 Å². The molecule has 3 rings (SSSR count). The van der Waals surface area contributed by atoms with Gasteiger partial charge < -0.3 is 11.1 Å². The summed E-state index contributed by atoms with van der Waals surface area (Å²) in [5, 5.41) is 3.70. The predicted molar refractivity (Wildman–Crippen MR) is 96.9 cm³/mol. The summed E-state index contributed by atoms with van der Waals surface area (Å²) in [4.78, 5) is 13.9. The van der Waals surface area contributed by atoms with Crippen LogP contribution in [0.2, 0.25) is 0 Å². The highest BCUT2D eigenvalue weighted by Crippen LogP contribution is 2.38. The highest BCUT2D eigenvalue weighted by molar-refractivity contribution is 7.16. The normalized spacial score (nSPS) is 16.9. The number of nitrogens with one attached hydrogen (secondary N) is 1. The molecule has 1 amide bonds. The number of hydrogen-bond donors (Lipinski definition) is 2. The van der Waals surface area contributed by atoms with Gasteiger partial charge in [-0.05, 0) is 43.2 Å². The van der Waals surface area contributed by atoms with E-state index in [1.165, 1.54) is 22.4 Å². The number of aryl methyl sites for hydroxylation is 1. The standard InChI is InChI=1S/C19H24N2OS/c1-3-13-8-9-15-16(10-13)23-18(20)17(15)19(22)21-11-14-6-4-12(2)5-7-14/h4-7,13H,3,8-11,20H2,1-2H3,(H,21,22)/t13-/m0/s1. The molecule has 1 aromatic heterocycles. The van der Waals surface area contributed by atoms with Crippen LogP contribution < -0.4 is 11.1 Å². The second-order valence-electron chi connectivity index (χ2n) is 6.43. The lowest BCUT2D eigenvalue weighted by Gasteiger charge is -2.21. The van der Waals surface area contributed by atoms with Gasteiger partial charge in [-0.25, -0.2) is 0 Å². The maximum atomic E-state index is 12.6. The van der Waals surface area contributed by atoms with Crippen LogP contribution in [0.25, 0.3) is 0 Å². The first-order valence-electron chi connectivity index (χ1n) is 8.32. The van der Waals surface area contributed by atoms with Crippen molar-refractivity contribution in [3.05, 3.63) is 51.4 Å². The average Bonchev–Trinajstić information content (AvgIpc) is 2.88. The van der Waals surface area contributed by atoms with Gasteiger partial charge in [0.25, 0.3) is 5.91 Å². The van der Waals surface area contributed by atoms with Crippen LogP contribution in [0.3, 0.4) is 0 Å². The maximum Gasteiger partial charge on any atom is 0.254 e. The highest BCUT2D eigenvalue weighted by atomic mass is 32.1. The Balaban J connectivity index is 1.73. The largest absolute Gasteiger partial charge is 0.390 e. The quantitative estimate of drug-likeness (QED) is 0.888. The third-order valence-electron chi connectivity index (χ3n) is 4.77. The Morgan fingerprint density at radius 3 is 2.78 bits per heavy atom. The molecule has 0 spiro atoms. The molecule has 0 aliphatic heterocycles. The van der Waals surface area contributed by atoms with E-state index in [2.05, 4.69) is 31.3 Å². The summed E-state index contributed by atoms with van der Waals surface area (Å²) in [6, 6.07) is 8.22. The molecule has 4 heteroatoms. The first kappa shape index (κ1) is 16.1. The minimum absolute atomic E-state index is 0.0319. The summed E-state index contributed by atoms with van der Waals surface area (Å²) in [5.41, 5.74) is 10.4. The number of carbonyl (C=O) groups is 1. The number of nitrogen functional groups attached to an aromatic ring is 1. The number of rotatable bonds is 4. The molecule has 2 aromatic rings. The Labute approximate surface area is 141 Å². The molecular weight excluding hydrogens is 304 g/mol. The number of benzene rings is 1. The molecule has 0 fully saturated rings. The molecular formula is C19H24N2OS. The lowest BCUT2D eigenvalue weighted by atomic mass is 9.85. The van der Waals surface area contributed by atoms with Crippen molar-refractivity contribution < 1.29 is 4.79 Å². The fourth-order valence-corrected chi connectivity index (χ4v) is 4.48. The van der Waals surface area contributed by atoms with E-state index in [0.717, 1.165) is 36.3 Å². The van der Waals surface area contributed by atoms with Gasteiger partial charge in [-0.1, -0.05) is 43.2 Å². The first-order chi connectivity index (χ1) is 11.1. The molecule has 0 saturated carbocycles. The van der Waals surface area contributed by atoms with E-state index in [4.69, 9.17) is 5.73 Å². The second kappa shape index (κ2) is 6.75. The zero-order chi connectivity index (χ0) is 16.4. The van der Waals surface area contributed by atoms with Gasteiger partial charge in [0, 0.05) is 11.4 Å². The monoisotopic (exact) mass is 328 g/mol. The Bertz CT molecular complexity index is 703. The molecule has 1 aliphatic rings. The van der Waals surface area contributed by atoms with Gasteiger partial charge in [-0.2, -0.15) is 0 Å². The van der Waals surface area contributed by atoms with Crippen molar-refractivity contribution in [2.75, 3.05) is 5.73 Å². The van der Waals surface area contributed by atoms with Crippen molar-refractivity contribution >= 4 is 22.2 Å². The van der Waals surface area contributed by atoms with Crippen LogP contribution in [-0.4, -0.2) is 5.91 Å². The van der Waals surface area contributed by atoms with Crippen LogP contribution in [0, 0.1) is 12.8 Å². The Hall–Kier alpha value is -1.81. The van der Waals surface area contributed by atoms with E-state index in [1.807, 2.05) is 12.1 Å².